The van der Waals surface area contributed by atoms with Crippen LogP contribution in [0, 0.1) is 5.82 Å². The van der Waals surface area contributed by atoms with Crippen LogP contribution in [0.4, 0.5) is 4.39 Å². The van der Waals surface area contributed by atoms with Crippen LogP contribution in [-0.4, -0.2) is 57.6 Å². The van der Waals surface area contributed by atoms with Crippen LogP contribution in [-0.2, 0) is 11.2 Å². The molecule has 1 aromatic heterocycles. The van der Waals surface area contributed by atoms with Crippen LogP contribution in [0.1, 0.15) is 28.9 Å². The van der Waals surface area contributed by atoms with Gasteiger partial charge in [0, 0.05) is 38.8 Å². The molecule has 3 aromatic rings. The van der Waals surface area contributed by atoms with E-state index in [1.807, 2.05) is 23.1 Å². The van der Waals surface area contributed by atoms with Crippen LogP contribution in [0.5, 0.6) is 0 Å². The van der Waals surface area contributed by atoms with Gasteiger partial charge in [0.2, 0.25) is 5.91 Å². The molecule has 0 unspecified atom stereocenters. The van der Waals surface area contributed by atoms with E-state index in [0.29, 0.717) is 38.3 Å². The molecule has 0 spiro atoms. The molecule has 6 nitrogen and oxygen atoms in total. The second-order valence-electron chi connectivity index (χ2n) is 7.61. The molecule has 160 valence electrons. The van der Waals surface area contributed by atoms with Crippen molar-refractivity contribution in [2.45, 2.75) is 19.3 Å². The van der Waals surface area contributed by atoms with Crippen LogP contribution in [0.2, 0.25) is 0 Å². The van der Waals surface area contributed by atoms with Gasteiger partial charge < -0.3 is 9.80 Å². The van der Waals surface area contributed by atoms with Gasteiger partial charge in [-0.1, -0.05) is 42.5 Å². The van der Waals surface area contributed by atoms with Crippen molar-refractivity contribution in [2.24, 2.45) is 0 Å². The zero-order chi connectivity index (χ0) is 21.6. The van der Waals surface area contributed by atoms with Crippen molar-refractivity contribution in [1.29, 1.82) is 0 Å². The van der Waals surface area contributed by atoms with E-state index in [-0.39, 0.29) is 17.5 Å². The number of amides is 2. The van der Waals surface area contributed by atoms with Gasteiger partial charge in [-0.25, -0.2) is 9.07 Å². The summed E-state index contributed by atoms with van der Waals surface area (Å²) in [7, 11) is 0. The van der Waals surface area contributed by atoms with Gasteiger partial charge in [0.1, 0.15) is 11.5 Å². The van der Waals surface area contributed by atoms with Crippen LogP contribution >= 0.6 is 0 Å². The summed E-state index contributed by atoms with van der Waals surface area (Å²) >= 11 is 0. The van der Waals surface area contributed by atoms with Crippen molar-refractivity contribution in [1.82, 2.24) is 19.6 Å². The first kappa shape index (κ1) is 20.8. The number of hydrogen-bond donors (Lipinski definition) is 0. The molecule has 1 fully saturated rings. The number of aromatic nitrogens is 2. The van der Waals surface area contributed by atoms with E-state index < -0.39 is 5.82 Å². The number of carbonyl (C=O) groups is 2. The first-order chi connectivity index (χ1) is 15.1. The maximum Gasteiger partial charge on any atom is 0.274 e. The molecule has 1 aliphatic heterocycles. The highest BCUT2D eigenvalue weighted by Gasteiger charge is 2.26. The molecule has 2 amide bonds. The Morgan fingerprint density at radius 1 is 0.871 bits per heavy atom. The Bertz CT molecular complexity index is 1040. The number of piperazine rings is 1. The molecule has 0 N–H and O–H groups in total. The Labute approximate surface area is 180 Å². The maximum absolute atomic E-state index is 14.0. The number of carbonyl (C=O) groups excluding carboxylic acids is 2. The molecule has 0 saturated carbocycles. The Morgan fingerprint density at radius 3 is 2.29 bits per heavy atom. The predicted octanol–water partition coefficient (Wildman–Crippen LogP) is 3.32. The number of rotatable bonds is 6. The van der Waals surface area contributed by atoms with Gasteiger partial charge in [-0.3, -0.25) is 9.59 Å². The van der Waals surface area contributed by atoms with E-state index in [1.165, 1.54) is 16.3 Å². The van der Waals surface area contributed by atoms with Crippen LogP contribution in [0.15, 0.2) is 66.9 Å². The van der Waals surface area contributed by atoms with Gasteiger partial charge in [-0.05, 0) is 36.6 Å². The van der Waals surface area contributed by atoms with Crippen LogP contribution < -0.4 is 0 Å². The standard InChI is InChI=1S/C24H25FN4O2/c25-20-10-4-5-11-22(20)29-14-13-21(26-29)24(31)28-17-15-27(16-18-28)23(30)12-6-9-19-7-2-1-3-8-19/h1-5,7-8,10-11,13-14H,6,9,12,15-18H2. The van der Waals surface area contributed by atoms with Gasteiger partial charge in [-0.15, -0.1) is 0 Å². The molecule has 1 saturated heterocycles. The number of nitrogens with zero attached hydrogens (tertiary/aromatic N) is 4. The van der Waals surface area contributed by atoms with Crippen LogP contribution in [0.3, 0.4) is 0 Å². The summed E-state index contributed by atoms with van der Waals surface area (Å²) in [5.74, 6) is -0.470. The second-order valence-corrected chi connectivity index (χ2v) is 7.61. The lowest BCUT2D eigenvalue weighted by molar-refractivity contribution is -0.132. The van der Waals surface area contributed by atoms with Crippen molar-refractivity contribution < 1.29 is 14.0 Å². The summed E-state index contributed by atoms with van der Waals surface area (Å²) in [5.41, 5.74) is 1.80. The Balaban J connectivity index is 1.27. The minimum Gasteiger partial charge on any atom is -0.339 e. The van der Waals surface area contributed by atoms with Crippen molar-refractivity contribution in [3.8, 4) is 5.69 Å². The van der Waals surface area contributed by atoms with Crippen molar-refractivity contribution in [2.75, 3.05) is 26.2 Å². The highest BCUT2D eigenvalue weighted by atomic mass is 19.1. The fraction of sp³-hybridized carbons (Fsp3) is 0.292. The molecule has 4 rings (SSSR count). The average molecular weight is 420 g/mol. The molecule has 0 bridgehead atoms. The smallest absolute Gasteiger partial charge is 0.274 e. The van der Waals surface area contributed by atoms with E-state index in [0.717, 1.165) is 12.8 Å². The van der Waals surface area contributed by atoms with Gasteiger partial charge in [0.15, 0.2) is 5.69 Å². The zero-order valence-electron chi connectivity index (χ0n) is 17.3. The normalized spacial score (nSPS) is 14.0. The van der Waals surface area contributed by atoms with E-state index in [2.05, 4.69) is 17.2 Å². The molecule has 2 heterocycles. The quantitative estimate of drug-likeness (QED) is 0.615. The topological polar surface area (TPSA) is 58.4 Å². The van der Waals surface area contributed by atoms with Gasteiger partial charge in [-0.2, -0.15) is 5.10 Å². The molecule has 2 aromatic carbocycles. The van der Waals surface area contributed by atoms with Crippen molar-refractivity contribution in [3.05, 3.63) is 83.9 Å². The monoisotopic (exact) mass is 420 g/mol. The summed E-state index contributed by atoms with van der Waals surface area (Å²) in [5, 5.41) is 4.24. The molecule has 0 radical (unpaired) electrons. The van der Waals surface area contributed by atoms with E-state index in [4.69, 9.17) is 0 Å². The molecule has 7 heteroatoms. The van der Waals surface area contributed by atoms with E-state index >= 15 is 0 Å². The number of para-hydroxylation sites is 1. The number of hydrogen-bond acceptors (Lipinski definition) is 3. The second kappa shape index (κ2) is 9.55. The van der Waals surface area contributed by atoms with Crippen molar-refractivity contribution >= 4 is 11.8 Å². The Kier molecular flexibility index (Phi) is 6.40. The highest BCUT2D eigenvalue weighted by molar-refractivity contribution is 5.92. The fourth-order valence-electron chi connectivity index (χ4n) is 3.78. The van der Waals surface area contributed by atoms with Crippen LogP contribution in [0.25, 0.3) is 5.69 Å². The molecule has 0 aliphatic carbocycles. The molecule has 0 atom stereocenters. The lowest BCUT2D eigenvalue weighted by Crippen LogP contribution is -2.50. The summed E-state index contributed by atoms with van der Waals surface area (Å²) in [4.78, 5) is 28.8. The van der Waals surface area contributed by atoms with Gasteiger partial charge in [0.25, 0.3) is 5.91 Å². The predicted molar refractivity (Wildman–Crippen MR) is 115 cm³/mol. The third kappa shape index (κ3) is 4.99. The molecular formula is C24H25FN4O2. The Morgan fingerprint density at radius 2 is 1.55 bits per heavy atom. The zero-order valence-corrected chi connectivity index (χ0v) is 17.3. The minimum atomic E-state index is -0.399. The Hall–Kier alpha value is -3.48. The maximum atomic E-state index is 14.0. The summed E-state index contributed by atoms with van der Waals surface area (Å²) in [6, 6.07) is 18.0. The van der Waals surface area contributed by atoms with Gasteiger partial charge >= 0.3 is 0 Å². The number of benzene rings is 2. The van der Waals surface area contributed by atoms with Crippen molar-refractivity contribution in [3.63, 3.8) is 0 Å². The highest BCUT2D eigenvalue weighted by Crippen LogP contribution is 2.14. The lowest BCUT2D eigenvalue weighted by atomic mass is 10.1. The summed E-state index contributed by atoms with van der Waals surface area (Å²) in [6.45, 7) is 1.97. The lowest BCUT2D eigenvalue weighted by Gasteiger charge is -2.34. The summed E-state index contributed by atoms with van der Waals surface area (Å²) < 4.78 is 15.3. The first-order valence-corrected chi connectivity index (χ1v) is 10.5. The molecule has 31 heavy (non-hydrogen) atoms. The molecule has 1 aliphatic rings. The first-order valence-electron chi connectivity index (χ1n) is 10.5. The fourth-order valence-corrected chi connectivity index (χ4v) is 3.78. The number of halogens is 1. The largest absolute Gasteiger partial charge is 0.339 e. The molecular weight excluding hydrogens is 395 g/mol. The third-order valence-electron chi connectivity index (χ3n) is 5.53. The third-order valence-corrected chi connectivity index (χ3v) is 5.53. The number of aryl methyl sites for hydroxylation is 1. The summed E-state index contributed by atoms with van der Waals surface area (Å²) in [6.07, 6.45) is 3.79. The van der Waals surface area contributed by atoms with Gasteiger partial charge in [0.05, 0.1) is 0 Å². The minimum absolute atomic E-state index is 0.131. The SMILES string of the molecule is O=C(CCCc1ccccc1)N1CCN(C(=O)c2ccn(-c3ccccc3F)n2)CC1. The van der Waals surface area contributed by atoms with E-state index in [9.17, 15) is 14.0 Å². The van der Waals surface area contributed by atoms with E-state index in [1.54, 1.807) is 35.4 Å². The average Bonchev–Trinajstić information content (AvgIpc) is 3.30.